The Labute approximate surface area is 102 Å². The van der Waals surface area contributed by atoms with Crippen molar-refractivity contribution in [1.29, 1.82) is 0 Å². The van der Waals surface area contributed by atoms with Gasteiger partial charge < -0.3 is 5.73 Å². The lowest BCUT2D eigenvalue weighted by molar-refractivity contribution is 0.183. The molecule has 0 bridgehead atoms. The third kappa shape index (κ3) is 4.42. The zero-order chi connectivity index (χ0) is 11.8. The number of likely N-dealkylation sites (tertiary alicyclic amines) is 1. The summed E-state index contributed by atoms with van der Waals surface area (Å²) in [6.07, 6.45) is 11.0. The van der Waals surface area contributed by atoms with Gasteiger partial charge in [0, 0.05) is 18.6 Å². The summed E-state index contributed by atoms with van der Waals surface area (Å²) in [6, 6.07) is 1.42. The Morgan fingerprint density at radius 3 is 2.69 bits per heavy atom. The SMILES string of the molecule is CCCCCCCC(C)N1CCCC1CN. The summed E-state index contributed by atoms with van der Waals surface area (Å²) in [6.45, 7) is 6.78. The van der Waals surface area contributed by atoms with E-state index in [1.54, 1.807) is 0 Å². The first-order valence-corrected chi connectivity index (χ1v) is 7.25. The lowest BCUT2D eigenvalue weighted by Crippen LogP contribution is -2.41. The van der Waals surface area contributed by atoms with Crippen LogP contribution in [-0.2, 0) is 0 Å². The average molecular weight is 226 g/mol. The molecule has 2 unspecified atom stereocenters. The van der Waals surface area contributed by atoms with Crippen molar-refractivity contribution in [2.75, 3.05) is 13.1 Å². The van der Waals surface area contributed by atoms with Gasteiger partial charge in [0.15, 0.2) is 0 Å². The van der Waals surface area contributed by atoms with Crippen molar-refractivity contribution < 1.29 is 0 Å². The van der Waals surface area contributed by atoms with Gasteiger partial charge in [0.25, 0.3) is 0 Å². The van der Waals surface area contributed by atoms with Gasteiger partial charge >= 0.3 is 0 Å². The van der Waals surface area contributed by atoms with Crippen molar-refractivity contribution >= 4 is 0 Å². The van der Waals surface area contributed by atoms with Gasteiger partial charge in [0.05, 0.1) is 0 Å². The average Bonchev–Trinajstić information content (AvgIpc) is 2.76. The number of nitrogens with two attached hydrogens (primary N) is 1. The van der Waals surface area contributed by atoms with Crippen LogP contribution in [0.2, 0.25) is 0 Å². The molecule has 1 aliphatic rings. The lowest BCUT2D eigenvalue weighted by atomic mass is 10.1. The second kappa shape index (κ2) is 8.08. The van der Waals surface area contributed by atoms with Crippen molar-refractivity contribution in [3.05, 3.63) is 0 Å². The van der Waals surface area contributed by atoms with Gasteiger partial charge in [-0.25, -0.2) is 0 Å². The zero-order valence-electron chi connectivity index (χ0n) is 11.3. The van der Waals surface area contributed by atoms with E-state index in [4.69, 9.17) is 5.73 Å². The molecule has 1 fully saturated rings. The summed E-state index contributed by atoms with van der Waals surface area (Å²) in [7, 11) is 0. The third-order valence-corrected chi connectivity index (χ3v) is 3.99. The molecule has 0 aliphatic carbocycles. The van der Waals surface area contributed by atoms with E-state index < -0.39 is 0 Å². The van der Waals surface area contributed by atoms with E-state index in [1.807, 2.05) is 0 Å². The molecule has 16 heavy (non-hydrogen) atoms. The van der Waals surface area contributed by atoms with Gasteiger partial charge in [0.1, 0.15) is 0 Å². The van der Waals surface area contributed by atoms with E-state index in [-0.39, 0.29) is 0 Å². The normalized spacial score (nSPS) is 23.8. The number of hydrogen-bond donors (Lipinski definition) is 1. The van der Waals surface area contributed by atoms with Crippen LogP contribution in [-0.4, -0.2) is 30.1 Å². The molecule has 1 aliphatic heterocycles. The topological polar surface area (TPSA) is 29.3 Å². The van der Waals surface area contributed by atoms with Gasteiger partial charge in [-0.1, -0.05) is 39.0 Å². The molecule has 96 valence electrons. The van der Waals surface area contributed by atoms with Gasteiger partial charge in [0.2, 0.25) is 0 Å². The van der Waals surface area contributed by atoms with Gasteiger partial charge in [-0.2, -0.15) is 0 Å². The molecule has 0 amide bonds. The molecule has 1 saturated heterocycles. The predicted octanol–water partition coefficient (Wildman–Crippen LogP) is 3.16. The highest BCUT2D eigenvalue weighted by molar-refractivity contribution is 4.83. The Balaban J connectivity index is 2.11. The largest absolute Gasteiger partial charge is 0.329 e. The maximum Gasteiger partial charge on any atom is 0.0221 e. The summed E-state index contributed by atoms with van der Waals surface area (Å²) in [5.41, 5.74) is 5.81. The standard InChI is InChI=1S/C14H30N2/c1-3-4-5-6-7-9-13(2)16-11-8-10-14(16)12-15/h13-14H,3-12,15H2,1-2H3. The highest BCUT2D eigenvalue weighted by Crippen LogP contribution is 2.22. The molecule has 0 aromatic heterocycles. The van der Waals surface area contributed by atoms with Gasteiger partial charge in [-0.3, -0.25) is 4.90 Å². The van der Waals surface area contributed by atoms with E-state index in [2.05, 4.69) is 18.7 Å². The second-order valence-electron chi connectivity index (χ2n) is 5.32. The fraction of sp³-hybridized carbons (Fsp3) is 1.00. The highest BCUT2D eigenvalue weighted by atomic mass is 15.2. The van der Waals surface area contributed by atoms with Crippen LogP contribution in [0.25, 0.3) is 0 Å². The summed E-state index contributed by atoms with van der Waals surface area (Å²) >= 11 is 0. The summed E-state index contributed by atoms with van der Waals surface area (Å²) < 4.78 is 0. The first kappa shape index (κ1) is 14.0. The van der Waals surface area contributed by atoms with Crippen LogP contribution in [0, 0.1) is 0 Å². The number of nitrogens with zero attached hydrogens (tertiary/aromatic N) is 1. The lowest BCUT2D eigenvalue weighted by Gasteiger charge is -2.30. The maximum atomic E-state index is 5.81. The summed E-state index contributed by atoms with van der Waals surface area (Å²) in [5.74, 6) is 0. The Hall–Kier alpha value is -0.0800. The van der Waals surface area contributed by atoms with Crippen LogP contribution in [0.4, 0.5) is 0 Å². The van der Waals surface area contributed by atoms with Crippen molar-refractivity contribution in [2.24, 2.45) is 5.73 Å². The monoisotopic (exact) mass is 226 g/mol. The van der Waals surface area contributed by atoms with Crippen molar-refractivity contribution in [3.8, 4) is 0 Å². The molecule has 2 N–H and O–H groups in total. The van der Waals surface area contributed by atoms with Crippen LogP contribution in [0.5, 0.6) is 0 Å². The number of unbranched alkanes of at least 4 members (excludes halogenated alkanes) is 4. The smallest absolute Gasteiger partial charge is 0.0221 e. The predicted molar refractivity (Wildman–Crippen MR) is 71.6 cm³/mol. The Morgan fingerprint density at radius 1 is 1.25 bits per heavy atom. The molecular formula is C14H30N2. The van der Waals surface area contributed by atoms with Crippen molar-refractivity contribution in [3.63, 3.8) is 0 Å². The number of rotatable bonds is 8. The van der Waals surface area contributed by atoms with Gasteiger partial charge in [-0.15, -0.1) is 0 Å². The second-order valence-corrected chi connectivity index (χ2v) is 5.32. The highest BCUT2D eigenvalue weighted by Gasteiger charge is 2.26. The molecule has 2 atom stereocenters. The molecular weight excluding hydrogens is 196 g/mol. The molecule has 0 saturated carbocycles. The Kier molecular flexibility index (Phi) is 7.06. The molecule has 0 aromatic carbocycles. The van der Waals surface area contributed by atoms with Crippen LogP contribution in [0.1, 0.15) is 65.2 Å². The minimum Gasteiger partial charge on any atom is -0.329 e. The van der Waals surface area contributed by atoms with Crippen molar-refractivity contribution in [2.45, 2.75) is 77.3 Å². The minimum absolute atomic E-state index is 0.672. The summed E-state index contributed by atoms with van der Waals surface area (Å²) in [5, 5.41) is 0. The third-order valence-electron chi connectivity index (χ3n) is 3.99. The Morgan fingerprint density at radius 2 is 2.00 bits per heavy atom. The molecule has 0 aromatic rings. The first-order chi connectivity index (χ1) is 7.79. The molecule has 0 radical (unpaired) electrons. The van der Waals surface area contributed by atoms with Crippen LogP contribution in [0.3, 0.4) is 0 Å². The molecule has 0 spiro atoms. The van der Waals surface area contributed by atoms with Gasteiger partial charge in [-0.05, 0) is 32.7 Å². The molecule has 2 heteroatoms. The maximum absolute atomic E-state index is 5.81. The fourth-order valence-corrected chi connectivity index (χ4v) is 2.90. The van der Waals surface area contributed by atoms with Crippen LogP contribution < -0.4 is 5.73 Å². The fourth-order valence-electron chi connectivity index (χ4n) is 2.90. The molecule has 1 rings (SSSR count). The minimum atomic E-state index is 0.672. The van der Waals surface area contributed by atoms with E-state index in [9.17, 15) is 0 Å². The zero-order valence-corrected chi connectivity index (χ0v) is 11.3. The summed E-state index contributed by atoms with van der Waals surface area (Å²) in [4.78, 5) is 2.64. The Bertz CT molecular complexity index is 170. The first-order valence-electron chi connectivity index (χ1n) is 7.25. The van der Waals surface area contributed by atoms with E-state index in [0.717, 1.165) is 12.6 Å². The van der Waals surface area contributed by atoms with Crippen molar-refractivity contribution in [1.82, 2.24) is 4.90 Å². The molecule has 1 heterocycles. The van der Waals surface area contributed by atoms with E-state index in [1.165, 1.54) is 57.9 Å². The molecule has 2 nitrogen and oxygen atoms in total. The van der Waals surface area contributed by atoms with Crippen LogP contribution in [0.15, 0.2) is 0 Å². The van der Waals surface area contributed by atoms with E-state index in [0.29, 0.717) is 6.04 Å². The van der Waals surface area contributed by atoms with E-state index >= 15 is 0 Å². The number of hydrogen-bond acceptors (Lipinski definition) is 2. The van der Waals surface area contributed by atoms with Crippen LogP contribution >= 0.6 is 0 Å². The quantitative estimate of drug-likeness (QED) is 0.644.